The van der Waals surface area contributed by atoms with Gasteiger partial charge < -0.3 is 11.1 Å². The number of nitrogens with one attached hydrogen (secondary N) is 3. The Morgan fingerprint density at radius 1 is 1.47 bits per heavy atom. The van der Waals surface area contributed by atoms with Crippen LogP contribution in [0.25, 0.3) is 0 Å². The van der Waals surface area contributed by atoms with Crippen molar-refractivity contribution >= 4 is 52.4 Å². The lowest BCUT2D eigenvalue weighted by molar-refractivity contribution is 0.774. The number of nitrogens with two attached hydrogens (primary N) is 1. The molecule has 0 atom stereocenters. The molecule has 0 saturated heterocycles. The maximum atomic E-state index is 5.66. The van der Waals surface area contributed by atoms with Crippen LogP contribution in [0.2, 0.25) is 0 Å². The smallest absolute Gasteiger partial charge is 0.226 e. The van der Waals surface area contributed by atoms with Crippen LogP contribution in [0.3, 0.4) is 0 Å². The second kappa shape index (κ2) is 6.57. The normalized spacial score (nSPS) is 9.76. The molecule has 17 heavy (non-hydrogen) atoms. The number of thioether (sulfide) groups is 1. The van der Waals surface area contributed by atoms with Crippen LogP contribution in [0, 0.1) is 0 Å². The Hall–Kier alpha value is -1.13. The molecule has 0 aliphatic heterocycles. The van der Waals surface area contributed by atoms with E-state index in [1.807, 2.05) is 13.2 Å². The van der Waals surface area contributed by atoms with E-state index in [9.17, 15) is 0 Å². The minimum Gasteiger partial charge on any atom is -0.368 e. The average Bonchev–Trinajstić information content (AvgIpc) is 2.68. The van der Waals surface area contributed by atoms with Crippen molar-refractivity contribution in [3.05, 3.63) is 0 Å². The number of hydrogen-bond acceptors (Lipinski definition) is 6. The van der Waals surface area contributed by atoms with E-state index in [0.717, 1.165) is 6.54 Å². The molecular formula is C7H13N7S3. The van der Waals surface area contributed by atoms with E-state index in [2.05, 4.69) is 26.3 Å². The Balaban J connectivity index is 2.57. The molecule has 0 bridgehead atoms. The van der Waals surface area contributed by atoms with Gasteiger partial charge in [0, 0.05) is 6.54 Å². The zero-order valence-electron chi connectivity index (χ0n) is 9.35. The van der Waals surface area contributed by atoms with E-state index in [1.165, 1.54) is 16.4 Å². The molecule has 0 aliphatic carbocycles. The molecule has 0 aromatic carbocycles. The molecule has 0 amide bonds. The van der Waals surface area contributed by atoms with Gasteiger partial charge in [-0.05, 0) is 37.6 Å². The monoisotopic (exact) mass is 291 g/mol. The van der Waals surface area contributed by atoms with Crippen molar-refractivity contribution in [1.29, 1.82) is 0 Å². The molecule has 1 heterocycles. The molecule has 0 spiro atoms. The number of thiocarbonyl (C=S) groups is 2. The van der Waals surface area contributed by atoms with Crippen molar-refractivity contribution < 1.29 is 0 Å². The van der Waals surface area contributed by atoms with Crippen molar-refractivity contribution in [3.8, 4) is 0 Å². The Kier molecular flexibility index (Phi) is 5.38. The third-order valence-electron chi connectivity index (χ3n) is 1.61. The van der Waals surface area contributed by atoms with E-state index in [-0.39, 0.29) is 11.1 Å². The first kappa shape index (κ1) is 13.9. The first-order valence-corrected chi connectivity index (χ1v) is 6.73. The minimum absolute atomic E-state index is 0.225. The SMILES string of the molecule is CCNC(=S)NNC(=S)n1nc(SC)nc1N. The van der Waals surface area contributed by atoms with Gasteiger partial charge in [0.15, 0.2) is 5.11 Å². The number of hydrazine groups is 1. The minimum atomic E-state index is 0.225. The lowest BCUT2D eigenvalue weighted by atomic mass is 10.7. The molecule has 0 fully saturated rings. The molecule has 7 nitrogen and oxygen atoms in total. The van der Waals surface area contributed by atoms with Crippen molar-refractivity contribution in [1.82, 2.24) is 30.9 Å². The Morgan fingerprint density at radius 3 is 2.71 bits per heavy atom. The summed E-state index contributed by atoms with van der Waals surface area (Å²) >= 11 is 11.4. The van der Waals surface area contributed by atoms with Crippen LogP contribution in [0.5, 0.6) is 0 Å². The lowest BCUT2D eigenvalue weighted by Gasteiger charge is -2.11. The summed E-state index contributed by atoms with van der Waals surface area (Å²) in [6.07, 6.45) is 1.86. The second-order valence-corrected chi connectivity index (χ2v) is 4.35. The topological polar surface area (TPSA) is 92.8 Å². The van der Waals surface area contributed by atoms with Gasteiger partial charge in [0.2, 0.25) is 16.2 Å². The molecule has 0 saturated carbocycles. The molecule has 1 aromatic heterocycles. The van der Waals surface area contributed by atoms with Gasteiger partial charge >= 0.3 is 0 Å². The zero-order valence-corrected chi connectivity index (χ0v) is 11.8. The summed E-state index contributed by atoms with van der Waals surface area (Å²) in [5, 5.41) is 8.26. The fourth-order valence-electron chi connectivity index (χ4n) is 0.908. The fraction of sp³-hybridized carbons (Fsp3) is 0.429. The third kappa shape index (κ3) is 3.98. The molecule has 1 aromatic rings. The van der Waals surface area contributed by atoms with Crippen molar-refractivity contribution in [2.75, 3.05) is 18.5 Å². The summed E-state index contributed by atoms with van der Waals surface area (Å²) < 4.78 is 1.32. The number of aromatic nitrogens is 3. The number of rotatable bonds is 2. The van der Waals surface area contributed by atoms with E-state index in [1.54, 1.807) is 0 Å². The van der Waals surface area contributed by atoms with Crippen LogP contribution < -0.4 is 21.9 Å². The van der Waals surface area contributed by atoms with Gasteiger partial charge in [-0.2, -0.15) is 9.67 Å². The standard InChI is InChI=1S/C7H13N7S3/c1-3-9-5(15)11-12-7(16)14-4(8)10-6(13-14)17-2/h3H2,1-2H3,(H,12,16)(H2,8,10,13)(H2,9,11,15). The predicted octanol–water partition coefficient (Wildman–Crippen LogP) is -0.296. The summed E-state index contributed by atoms with van der Waals surface area (Å²) in [4.78, 5) is 4.00. The molecule has 5 N–H and O–H groups in total. The van der Waals surface area contributed by atoms with Crippen LogP contribution in [-0.4, -0.2) is 37.8 Å². The highest BCUT2D eigenvalue weighted by Gasteiger charge is 2.09. The largest absolute Gasteiger partial charge is 0.368 e. The molecule has 10 heteroatoms. The number of hydrogen-bond donors (Lipinski definition) is 4. The Bertz CT molecular complexity index is 416. The van der Waals surface area contributed by atoms with E-state index in [0.29, 0.717) is 10.3 Å². The summed E-state index contributed by atoms with van der Waals surface area (Å²) in [7, 11) is 0. The molecule has 0 unspecified atom stereocenters. The van der Waals surface area contributed by atoms with Gasteiger partial charge in [0.05, 0.1) is 0 Å². The van der Waals surface area contributed by atoms with Crippen LogP contribution in [0.4, 0.5) is 5.95 Å². The Labute approximate surface area is 114 Å². The van der Waals surface area contributed by atoms with Crippen LogP contribution in [0.15, 0.2) is 5.16 Å². The van der Waals surface area contributed by atoms with E-state index in [4.69, 9.17) is 30.2 Å². The van der Waals surface area contributed by atoms with Gasteiger partial charge in [-0.15, -0.1) is 5.10 Å². The van der Waals surface area contributed by atoms with Gasteiger partial charge in [-0.1, -0.05) is 11.8 Å². The van der Waals surface area contributed by atoms with Crippen molar-refractivity contribution in [3.63, 3.8) is 0 Å². The Morgan fingerprint density at radius 2 is 2.18 bits per heavy atom. The maximum Gasteiger partial charge on any atom is 0.226 e. The number of nitrogen functional groups attached to an aromatic ring is 1. The third-order valence-corrected chi connectivity index (χ3v) is 2.67. The summed E-state index contributed by atoms with van der Waals surface area (Å²) in [6.45, 7) is 2.66. The molecule has 0 aliphatic rings. The maximum absolute atomic E-state index is 5.66. The van der Waals surface area contributed by atoms with Gasteiger partial charge in [0.25, 0.3) is 0 Å². The predicted molar refractivity (Wildman–Crippen MR) is 76.8 cm³/mol. The fourth-order valence-corrected chi connectivity index (χ4v) is 1.64. The van der Waals surface area contributed by atoms with E-state index < -0.39 is 0 Å². The van der Waals surface area contributed by atoms with Gasteiger partial charge in [-0.25, -0.2) is 0 Å². The van der Waals surface area contributed by atoms with Crippen molar-refractivity contribution in [2.45, 2.75) is 12.1 Å². The first-order chi connectivity index (χ1) is 8.08. The average molecular weight is 291 g/mol. The zero-order chi connectivity index (χ0) is 12.8. The molecular weight excluding hydrogens is 278 g/mol. The van der Waals surface area contributed by atoms with Crippen LogP contribution >= 0.6 is 36.2 Å². The quantitative estimate of drug-likeness (QED) is 0.333. The highest BCUT2D eigenvalue weighted by atomic mass is 32.2. The number of anilines is 1. The lowest BCUT2D eigenvalue weighted by Crippen LogP contribution is -2.48. The van der Waals surface area contributed by atoms with Gasteiger partial charge in [0.1, 0.15) is 0 Å². The number of nitrogens with zero attached hydrogens (tertiary/aromatic N) is 3. The van der Waals surface area contributed by atoms with Gasteiger partial charge in [-0.3, -0.25) is 10.9 Å². The summed E-state index contributed by atoms with van der Waals surface area (Å²) in [6, 6.07) is 0. The van der Waals surface area contributed by atoms with Crippen LogP contribution in [0.1, 0.15) is 6.92 Å². The summed E-state index contributed by atoms with van der Waals surface area (Å²) in [5.41, 5.74) is 11.1. The van der Waals surface area contributed by atoms with E-state index >= 15 is 0 Å². The molecule has 1 rings (SSSR count). The van der Waals surface area contributed by atoms with Crippen molar-refractivity contribution in [2.24, 2.45) is 0 Å². The molecule has 94 valence electrons. The second-order valence-electron chi connectivity index (χ2n) is 2.78. The highest BCUT2D eigenvalue weighted by Crippen LogP contribution is 2.10. The summed E-state index contributed by atoms with van der Waals surface area (Å²) in [5.74, 6) is 0.225. The molecule has 0 radical (unpaired) electrons. The van der Waals surface area contributed by atoms with Crippen LogP contribution in [-0.2, 0) is 0 Å². The first-order valence-electron chi connectivity index (χ1n) is 4.69. The highest BCUT2D eigenvalue weighted by molar-refractivity contribution is 7.98.